The third kappa shape index (κ3) is 4.18. The summed E-state index contributed by atoms with van der Waals surface area (Å²) in [5.41, 5.74) is 0.121. The van der Waals surface area contributed by atoms with Gasteiger partial charge in [0.05, 0.1) is 4.92 Å². The summed E-state index contributed by atoms with van der Waals surface area (Å²) in [5.74, 6) is -0.229. The van der Waals surface area contributed by atoms with E-state index in [9.17, 15) is 14.9 Å². The van der Waals surface area contributed by atoms with Crippen LogP contribution in [0.2, 0.25) is 5.02 Å². The number of nitro groups is 1. The molecule has 19 heavy (non-hydrogen) atoms. The molecule has 0 aliphatic rings. The highest BCUT2D eigenvalue weighted by molar-refractivity contribution is 6.33. The van der Waals surface area contributed by atoms with Crippen molar-refractivity contribution >= 4 is 23.2 Å². The monoisotopic (exact) mass is 286 g/mol. The van der Waals surface area contributed by atoms with E-state index in [-0.39, 0.29) is 16.6 Å². The zero-order valence-corrected chi connectivity index (χ0v) is 11.5. The number of nitrogens with zero attached hydrogens (tertiary/aromatic N) is 2. The first-order valence-corrected chi connectivity index (χ1v) is 6.03. The van der Waals surface area contributed by atoms with Gasteiger partial charge >= 0.3 is 0 Å². The summed E-state index contributed by atoms with van der Waals surface area (Å²) in [6, 6.07) is 3.95. The summed E-state index contributed by atoms with van der Waals surface area (Å²) in [5, 5.41) is 10.6. The number of ether oxygens (including phenoxy) is 1. The van der Waals surface area contributed by atoms with Crippen molar-refractivity contribution in [1.29, 1.82) is 0 Å². The Balaban J connectivity index is 2.77. The molecule has 7 heteroatoms. The van der Waals surface area contributed by atoms with Crippen molar-refractivity contribution in [3.05, 3.63) is 38.9 Å². The maximum Gasteiger partial charge on any atom is 0.287 e. The van der Waals surface area contributed by atoms with E-state index < -0.39 is 4.92 Å². The fraction of sp³-hybridized carbons (Fsp3) is 0.417. The van der Waals surface area contributed by atoms with Crippen molar-refractivity contribution in [2.75, 3.05) is 27.3 Å². The van der Waals surface area contributed by atoms with Crippen LogP contribution in [0.1, 0.15) is 16.8 Å². The van der Waals surface area contributed by atoms with Gasteiger partial charge < -0.3 is 9.64 Å². The quantitative estimate of drug-likeness (QED) is 0.457. The first kappa shape index (κ1) is 15.4. The van der Waals surface area contributed by atoms with Crippen molar-refractivity contribution in [3.63, 3.8) is 0 Å². The summed E-state index contributed by atoms with van der Waals surface area (Å²) >= 11 is 5.77. The minimum Gasteiger partial charge on any atom is -0.385 e. The lowest BCUT2D eigenvalue weighted by Crippen LogP contribution is -2.28. The lowest BCUT2D eigenvalue weighted by molar-refractivity contribution is -0.384. The van der Waals surface area contributed by atoms with Crippen molar-refractivity contribution in [2.45, 2.75) is 6.42 Å². The maximum absolute atomic E-state index is 12.0. The Morgan fingerprint density at radius 2 is 2.21 bits per heavy atom. The molecule has 104 valence electrons. The number of amides is 1. The van der Waals surface area contributed by atoms with Gasteiger partial charge in [-0.1, -0.05) is 11.6 Å². The van der Waals surface area contributed by atoms with Crippen molar-refractivity contribution in [1.82, 2.24) is 4.90 Å². The summed E-state index contributed by atoms with van der Waals surface area (Å²) in [7, 11) is 3.26. The predicted molar refractivity (Wildman–Crippen MR) is 71.6 cm³/mol. The number of benzene rings is 1. The number of carbonyl (C=O) groups excluding carboxylic acids is 1. The Morgan fingerprint density at radius 3 is 2.74 bits per heavy atom. The highest BCUT2D eigenvalue weighted by atomic mass is 35.5. The Bertz CT molecular complexity index is 479. The number of nitro benzene ring substituents is 1. The van der Waals surface area contributed by atoms with Crippen LogP contribution < -0.4 is 0 Å². The number of hydrogen-bond donors (Lipinski definition) is 0. The number of carbonyl (C=O) groups is 1. The lowest BCUT2D eigenvalue weighted by atomic mass is 10.2. The molecule has 1 amide bonds. The van der Waals surface area contributed by atoms with E-state index >= 15 is 0 Å². The fourth-order valence-electron chi connectivity index (χ4n) is 1.56. The van der Waals surface area contributed by atoms with Crippen molar-refractivity contribution in [3.8, 4) is 0 Å². The summed E-state index contributed by atoms with van der Waals surface area (Å²) in [6.45, 7) is 1.11. The molecule has 0 aliphatic heterocycles. The lowest BCUT2D eigenvalue weighted by Gasteiger charge is -2.17. The van der Waals surface area contributed by atoms with Crippen LogP contribution in [0.5, 0.6) is 0 Å². The van der Waals surface area contributed by atoms with Crippen LogP contribution in [0.25, 0.3) is 0 Å². The van der Waals surface area contributed by atoms with E-state index in [2.05, 4.69) is 0 Å². The molecular weight excluding hydrogens is 272 g/mol. The van der Waals surface area contributed by atoms with Crippen LogP contribution in [0.15, 0.2) is 18.2 Å². The van der Waals surface area contributed by atoms with Gasteiger partial charge in [-0.15, -0.1) is 0 Å². The molecule has 0 fully saturated rings. The molecule has 0 unspecified atom stereocenters. The zero-order valence-electron chi connectivity index (χ0n) is 10.8. The van der Waals surface area contributed by atoms with E-state index in [0.717, 1.165) is 6.42 Å². The molecular formula is C12H15ClN2O4. The van der Waals surface area contributed by atoms with E-state index in [1.165, 1.54) is 23.1 Å². The van der Waals surface area contributed by atoms with Gasteiger partial charge in [0, 0.05) is 38.9 Å². The van der Waals surface area contributed by atoms with Crippen LogP contribution in [-0.4, -0.2) is 43.0 Å². The molecule has 0 N–H and O–H groups in total. The van der Waals surface area contributed by atoms with Gasteiger partial charge in [-0.05, 0) is 18.6 Å². The van der Waals surface area contributed by atoms with Crippen LogP contribution in [0.4, 0.5) is 5.69 Å². The molecule has 6 nitrogen and oxygen atoms in total. The Labute approximate surface area is 116 Å². The van der Waals surface area contributed by atoms with Gasteiger partial charge in [-0.2, -0.15) is 0 Å². The summed E-state index contributed by atoms with van der Waals surface area (Å²) in [4.78, 5) is 23.6. The minimum absolute atomic E-state index is 0.0406. The molecule has 1 aromatic rings. The number of hydrogen-bond acceptors (Lipinski definition) is 4. The molecule has 1 rings (SSSR count). The standard InChI is InChI=1S/C12H15ClN2O4/c1-14(6-3-7-19-2)12(16)9-4-5-11(15(17)18)10(13)8-9/h4-5,8H,3,6-7H2,1-2H3. The minimum atomic E-state index is -0.584. The SMILES string of the molecule is COCCCN(C)C(=O)c1ccc([N+](=O)[O-])c(Cl)c1. The number of methoxy groups -OCH3 is 1. The second kappa shape index (κ2) is 7.06. The smallest absolute Gasteiger partial charge is 0.287 e. The van der Waals surface area contributed by atoms with E-state index in [0.29, 0.717) is 18.7 Å². The van der Waals surface area contributed by atoms with Gasteiger partial charge in [0.15, 0.2) is 0 Å². The van der Waals surface area contributed by atoms with Gasteiger partial charge in [0.1, 0.15) is 5.02 Å². The molecule has 0 saturated heterocycles. The second-order valence-electron chi connectivity index (χ2n) is 4.00. The van der Waals surface area contributed by atoms with Gasteiger partial charge in [0.25, 0.3) is 11.6 Å². The molecule has 0 heterocycles. The van der Waals surface area contributed by atoms with Crippen molar-refractivity contribution < 1.29 is 14.5 Å². The Kier molecular flexibility index (Phi) is 5.72. The Hall–Kier alpha value is -1.66. The normalized spacial score (nSPS) is 10.3. The third-order valence-electron chi connectivity index (χ3n) is 2.58. The molecule has 0 aliphatic carbocycles. The highest BCUT2D eigenvalue weighted by Gasteiger charge is 2.17. The third-order valence-corrected chi connectivity index (χ3v) is 2.88. The average Bonchev–Trinajstić information content (AvgIpc) is 2.37. The second-order valence-corrected chi connectivity index (χ2v) is 4.40. The molecule has 0 bridgehead atoms. The van der Waals surface area contributed by atoms with Crippen LogP contribution in [0, 0.1) is 10.1 Å². The predicted octanol–water partition coefficient (Wildman–Crippen LogP) is 2.36. The van der Waals surface area contributed by atoms with Crippen LogP contribution in [-0.2, 0) is 4.74 Å². The van der Waals surface area contributed by atoms with E-state index in [4.69, 9.17) is 16.3 Å². The van der Waals surface area contributed by atoms with Crippen LogP contribution >= 0.6 is 11.6 Å². The largest absolute Gasteiger partial charge is 0.385 e. The molecule has 0 spiro atoms. The molecule has 0 aromatic heterocycles. The zero-order chi connectivity index (χ0) is 14.4. The summed E-state index contributed by atoms with van der Waals surface area (Å²) < 4.78 is 4.90. The van der Waals surface area contributed by atoms with Gasteiger partial charge in [-0.25, -0.2) is 0 Å². The van der Waals surface area contributed by atoms with Crippen molar-refractivity contribution in [2.24, 2.45) is 0 Å². The maximum atomic E-state index is 12.0. The Morgan fingerprint density at radius 1 is 1.53 bits per heavy atom. The fourth-order valence-corrected chi connectivity index (χ4v) is 1.81. The van der Waals surface area contributed by atoms with Gasteiger partial charge in [-0.3, -0.25) is 14.9 Å². The molecule has 0 atom stereocenters. The van der Waals surface area contributed by atoms with Gasteiger partial charge in [0.2, 0.25) is 0 Å². The topological polar surface area (TPSA) is 72.7 Å². The molecule has 0 saturated carbocycles. The van der Waals surface area contributed by atoms with E-state index in [1.807, 2.05) is 0 Å². The number of rotatable bonds is 6. The molecule has 1 aromatic carbocycles. The first-order chi connectivity index (χ1) is 8.97. The highest BCUT2D eigenvalue weighted by Crippen LogP contribution is 2.25. The molecule has 0 radical (unpaired) electrons. The average molecular weight is 287 g/mol. The first-order valence-electron chi connectivity index (χ1n) is 5.65. The van der Waals surface area contributed by atoms with Crippen LogP contribution in [0.3, 0.4) is 0 Å². The summed E-state index contributed by atoms with van der Waals surface area (Å²) in [6.07, 6.45) is 0.722. The van der Waals surface area contributed by atoms with E-state index in [1.54, 1.807) is 14.2 Å². The number of halogens is 1.